The van der Waals surface area contributed by atoms with E-state index in [-0.39, 0.29) is 15.7 Å². The number of rotatable bonds is 2. The minimum Gasteiger partial charge on any atom is -0.207 e. The van der Waals surface area contributed by atoms with Gasteiger partial charge in [-0.25, -0.2) is 12.8 Å². The van der Waals surface area contributed by atoms with Crippen LogP contribution in [0, 0.1) is 5.82 Å². The van der Waals surface area contributed by atoms with Crippen LogP contribution in [0.25, 0.3) is 11.1 Å². The lowest BCUT2D eigenvalue weighted by Gasteiger charge is -2.05. The van der Waals surface area contributed by atoms with Crippen LogP contribution in [0.4, 0.5) is 4.39 Å². The van der Waals surface area contributed by atoms with Crippen molar-refractivity contribution < 1.29 is 12.8 Å². The van der Waals surface area contributed by atoms with Gasteiger partial charge < -0.3 is 0 Å². The first-order valence-electron chi connectivity index (χ1n) is 4.87. The van der Waals surface area contributed by atoms with E-state index in [0.29, 0.717) is 11.1 Å². The van der Waals surface area contributed by atoms with Gasteiger partial charge in [0, 0.05) is 15.7 Å². The van der Waals surface area contributed by atoms with Crippen molar-refractivity contribution >= 4 is 31.3 Å². The molecule has 0 saturated heterocycles. The van der Waals surface area contributed by atoms with Gasteiger partial charge in [-0.3, -0.25) is 0 Å². The van der Waals surface area contributed by atoms with Crippen molar-refractivity contribution in [3.8, 4) is 11.1 Å². The highest BCUT2D eigenvalue weighted by molar-refractivity contribution is 8.13. The molecule has 0 atom stereocenters. The van der Waals surface area contributed by atoms with Crippen LogP contribution in [-0.4, -0.2) is 8.42 Å². The molecule has 0 amide bonds. The van der Waals surface area contributed by atoms with Gasteiger partial charge in [-0.2, -0.15) is 0 Å². The molecule has 0 aliphatic carbocycles. The summed E-state index contributed by atoms with van der Waals surface area (Å²) in [6.45, 7) is 0. The number of hydrogen-bond donors (Lipinski definition) is 0. The highest BCUT2D eigenvalue weighted by Gasteiger charge is 2.12. The first-order valence-corrected chi connectivity index (χ1v) is 7.56. The van der Waals surface area contributed by atoms with Gasteiger partial charge in [-0.05, 0) is 41.5 Å². The Kier molecular flexibility index (Phi) is 3.61. The van der Waals surface area contributed by atoms with Crippen molar-refractivity contribution in [3.05, 3.63) is 53.3 Å². The third-order valence-electron chi connectivity index (χ3n) is 2.33. The lowest BCUT2D eigenvalue weighted by atomic mass is 10.1. The van der Waals surface area contributed by atoms with Gasteiger partial charge in [-0.1, -0.05) is 23.7 Å². The monoisotopic (exact) mass is 304 g/mol. The Morgan fingerprint density at radius 1 is 0.944 bits per heavy atom. The van der Waals surface area contributed by atoms with Gasteiger partial charge in [0.05, 0.1) is 4.90 Å². The van der Waals surface area contributed by atoms with Crippen molar-refractivity contribution in [1.82, 2.24) is 0 Å². The SMILES string of the molecule is O=S(=O)(Cl)c1cc(Cl)cc(-c2ccc(F)cc2)c1. The van der Waals surface area contributed by atoms with Crippen LogP contribution >= 0.6 is 22.3 Å². The van der Waals surface area contributed by atoms with Crippen LogP contribution in [-0.2, 0) is 9.05 Å². The summed E-state index contributed by atoms with van der Waals surface area (Å²) in [5.74, 6) is -0.369. The second kappa shape index (κ2) is 4.88. The van der Waals surface area contributed by atoms with E-state index in [9.17, 15) is 12.8 Å². The first kappa shape index (κ1) is 13.3. The van der Waals surface area contributed by atoms with Crippen LogP contribution in [0.1, 0.15) is 0 Å². The maximum absolute atomic E-state index is 12.8. The largest absolute Gasteiger partial charge is 0.261 e. The smallest absolute Gasteiger partial charge is 0.207 e. The van der Waals surface area contributed by atoms with Crippen LogP contribution in [0.15, 0.2) is 47.4 Å². The molecule has 2 rings (SSSR count). The van der Waals surface area contributed by atoms with Gasteiger partial charge in [0.2, 0.25) is 0 Å². The van der Waals surface area contributed by atoms with E-state index in [1.165, 1.54) is 36.4 Å². The number of hydrogen-bond acceptors (Lipinski definition) is 2. The summed E-state index contributed by atoms with van der Waals surface area (Å²) < 4.78 is 35.3. The van der Waals surface area contributed by atoms with Crippen molar-refractivity contribution in [3.63, 3.8) is 0 Å². The van der Waals surface area contributed by atoms with Gasteiger partial charge >= 0.3 is 0 Å². The quantitative estimate of drug-likeness (QED) is 0.784. The average Bonchev–Trinajstić information content (AvgIpc) is 2.28. The predicted octanol–water partition coefficient (Wildman–Crippen LogP) is 4.07. The van der Waals surface area contributed by atoms with E-state index >= 15 is 0 Å². The molecule has 0 saturated carbocycles. The van der Waals surface area contributed by atoms with E-state index in [4.69, 9.17) is 22.3 Å². The van der Waals surface area contributed by atoms with E-state index < -0.39 is 9.05 Å². The average molecular weight is 305 g/mol. The first-order chi connectivity index (χ1) is 8.36. The Balaban J connectivity index is 2.59. The van der Waals surface area contributed by atoms with Crippen LogP contribution in [0.3, 0.4) is 0 Å². The summed E-state index contributed by atoms with van der Waals surface area (Å²) in [7, 11) is 1.42. The molecule has 6 heteroatoms. The lowest BCUT2D eigenvalue weighted by Crippen LogP contribution is -1.91. The molecular weight excluding hydrogens is 298 g/mol. The number of halogens is 3. The molecule has 0 aliphatic heterocycles. The fourth-order valence-corrected chi connectivity index (χ4v) is 2.62. The van der Waals surface area contributed by atoms with E-state index in [1.54, 1.807) is 6.07 Å². The Bertz CT molecular complexity index is 682. The normalized spacial score (nSPS) is 11.5. The zero-order valence-electron chi connectivity index (χ0n) is 8.90. The van der Waals surface area contributed by atoms with E-state index in [1.807, 2.05) is 0 Å². The molecule has 0 radical (unpaired) electrons. The van der Waals surface area contributed by atoms with Crippen LogP contribution in [0.2, 0.25) is 5.02 Å². The summed E-state index contributed by atoms with van der Waals surface area (Å²) >= 11 is 5.84. The van der Waals surface area contributed by atoms with Crippen molar-refractivity contribution in [2.24, 2.45) is 0 Å². The molecule has 2 nitrogen and oxygen atoms in total. The summed E-state index contributed by atoms with van der Waals surface area (Å²) in [6.07, 6.45) is 0. The van der Waals surface area contributed by atoms with Gasteiger partial charge in [0.25, 0.3) is 9.05 Å². The molecule has 0 fully saturated rings. The molecule has 0 spiro atoms. The maximum atomic E-state index is 12.8. The number of benzene rings is 2. The summed E-state index contributed by atoms with van der Waals surface area (Å²) in [5, 5.41) is 0.246. The molecule has 0 aliphatic rings. The van der Waals surface area contributed by atoms with E-state index in [0.717, 1.165) is 0 Å². The van der Waals surface area contributed by atoms with Gasteiger partial charge in [0.15, 0.2) is 0 Å². The topological polar surface area (TPSA) is 34.1 Å². The van der Waals surface area contributed by atoms with Crippen molar-refractivity contribution in [2.45, 2.75) is 4.90 Å². The van der Waals surface area contributed by atoms with Crippen LogP contribution in [0.5, 0.6) is 0 Å². The second-order valence-electron chi connectivity index (χ2n) is 3.62. The third kappa shape index (κ3) is 3.02. The zero-order chi connectivity index (χ0) is 13.3. The summed E-state index contributed by atoms with van der Waals surface area (Å²) in [4.78, 5) is -0.0870. The van der Waals surface area contributed by atoms with Crippen molar-refractivity contribution in [2.75, 3.05) is 0 Å². The predicted molar refractivity (Wildman–Crippen MR) is 69.9 cm³/mol. The third-order valence-corrected chi connectivity index (χ3v) is 3.88. The van der Waals surface area contributed by atoms with Gasteiger partial charge in [0.1, 0.15) is 5.82 Å². The minimum atomic E-state index is -3.85. The maximum Gasteiger partial charge on any atom is 0.261 e. The summed E-state index contributed by atoms with van der Waals surface area (Å²) in [6, 6.07) is 9.87. The Morgan fingerprint density at radius 2 is 1.56 bits per heavy atom. The Morgan fingerprint density at radius 3 is 2.11 bits per heavy atom. The molecule has 0 aromatic heterocycles. The van der Waals surface area contributed by atoms with Crippen LogP contribution < -0.4 is 0 Å². The second-order valence-corrected chi connectivity index (χ2v) is 6.62. The van der Waals surface area contributed by atoms with E-state index in [2.05, 4.69) is 0 Å². The van der Waals surface area contributed by atoms with Gasteiger partial charge in [-0.15, -0.1) is 0 Å². The molecule has 2 aromatic carbocycles. The van der Waals surface area contributed by atoms with Crippen molar-refractivity contribution in [1.29, 1.82) is 0 Å². The molecule has 0 N–H and O–H groups in total. The highest BCUT2D eigenvalue weighted by Crippen LogP contribution is 2.28. The molecule has 18 heavy (non-hydrogen) atoms. The molecule has 0 unspecified atom stereocenters. The Hall–Kier alpha value is -1.10. The Labute approximate surface area is 113 Å². The highest BCUT2D eigenvalue weighted by atomic mass is 35.7. The molecule has 0 heterocycles. The fraction of sp³-hybridized carbons (Fsp3) is 0. The summed E-state index contributed by atoms with van der Waals surface area (Å²) in [5.41, 5.74) is 1.21. The standard InChI is InChI=1S/C12H7Cl2FO2S/c13-10-5-9(6-12(7-10)18(14,16)17)8-1-3-11(15)4-2-8/h1-7H. The molecule has 94 valence electrons. The minimum absolute atomic E-state index is 0.0870. The molecule has 2 aromatic rings. The lowest BCUT2D eigenvalue weighted by molar-refractivity contribution is 0.609. The fourth-order valence-electron chi connectivity index (χ4n) is 1.51. The molecule has 0 bridgehead atoms. The zero-order valence-corrected chi connectivity index (χ0v) is 11.2. The molecular formula is C12H7Cl2FO2S.